The molecule has 2 aliphatic rings. The lowest BCUT2D eigenvalue weighted by atomic mass is 10.1. The number of carbonyl (C=O) groups excluding carboxylic acids is 2. The molecule has 8 heteroatoms. The molecule has 3 N–H and O–H groups in total. The summed E-state index contributed by atoms with van der Waals surface area (Å²) in [5, 5.41) is 6.10. The maximum atomic E-state index is 12.5. The summed E-state index contributed by atoms with van der Waals surface area (Å²) in [7, 11) is 3.94. The van der Waals surface area contributed by atoms with Crippen LogP contribution in [0.5, 0.6) is 0 Å². The minimum Gasteiger partial charge on any atom is -0.325 e. The van der Waals surface area contributed by atoms with Gasteiger partial charge in [0.15, 0.2) is 0 Å². The first-order chi connectivity index (χ1) is 11.0. The van der Waals surface area contributed by atoms with Gasteiger partial charge in [-0.1, -0.05) is 30.3 Å². The number of carbonyl (C=O) groups is 2. The Morgan fingerprint density at radius 1 is 1.22 bits per heavy atom. The van der Waals surface area contributed by atoms with E-state index in [2.05, 4.69) is 15.4 Å². The van der Waals surface area contributed by atoms with E-state index < -0.39 is 6.04 Å². The van der Waals surface area contributed by atoms with Crippen molar-refractivity contribution >= 4 is 23.9 Å². The predicted octanol–water partition coefficient (Wildman–Crippen LogP) is 0.162. The van der Waals surface area contributed by atoms with Crippen molar-refractivity contribution in [2.45, 2.75) is 24.1 Å². The van der Waals surface area contributed by atoms with Crippen molar-refractivity contribution in [2.75, 3.05) is 20.6 Å². The van der Waals surface area contributed by atoms with Gasteiger partial charge in [0, 0.05) is 6.42 Å². The molecular weight excluding hydrogens is 314 g/mol. The summed E-state index contributed by atoms with van der Waals surface area (Å²) in [6.45, 7) is 0.313. The van der Waals surface area contributed by atoms with E-state index in [9.17, 15) is 9.59 Å². The van der Waals surface area contributed by atoms with Gasteiger partial charge in [-0.2, -0.15) is 0 Å². The molecule has 2 heterocycles. The molecule has 3 amide bonds. The van der Waals surface area contributed by atoms with Gasteiger partial charge in [0.05, 0.1) is 12.7 Å². The third-order valence-electron chi connectivity index (χ3n) is 3.89. The van der Waals surface area contributed by atoms with Gasteiger partial charge in [0.1, 0.15) is 11.5 Å². The second-order valence-electron chi connectivity index (χ2n) is 5.91. The molecule has 3 rings (SSSR count). The van der Waals surface area contributed by atoms with E-state index in [-0.39, 0.29) is 23.6 Å². The van der Waals surface area contributed by atoms with Gasteiger partial charge in [0.25, 0.3) is 5.91 Å². The van der Waals surface area contributed by atoms with E-state index >= 15 is 0 Å². The summed E-state index contributed by atoms with van der Waals surface area (Å²) in [5.41, 5.74) is 1.16. The normalized spacial score (nSPS) is 27.8. The molecule has 0 aliphatic carbocycles. The van der Waals surface area contributed by atoms with Crippen LogP contribution in [0.2, 0.25) is 0 Å². The number of imide groups is 1. The summed E-state index contributed by atoms with van der Waals surface area (Å²) < 4.78 is 3.21. The second-order valence-corrected chi connectivity index (χ2v) is 6.83. The van der Waals surface area contributed by atoms with Gasteiger partial charge in [-0.3, -0.25) is 19.9 Å². The number of hydrogen-bond donors (Lipinski definition) is 3. The van der Waals surface area contributed by atoms with Crippen molar-refractivity contribution in [1.82, 2.24) is 25.2 Å². The number of amides is 3. The van der Waals surface area contributed by atoms with E-state index in [0.717, 1.165) is 5.56 Å². The minimum absolute atomic E-state index is 0.113. The average molecular weight is 335 g/mol. The molecule has 2 aliphatic heterocycles. The van der Waals surface area contributed by atoms with Crippen LogP contribution in [0.15, 0.2) is 30.3 Å². The summed E-state index contributed by atoms with van der Waals surface area (Å²) in [6, 6.07) is 8.90. The number of nitrogens with zero attached hydrogens (tertiary/aromatic N) is 2. The fraction of sp³-hybridized carbons (Fsp3) is 0.467. The first-order valence-electron chi connectivity index (χ1n) is 7.54. The smallest absolute Gasteiger partial charge is 0.324 e. The van der Waals surface area contributed by atoms with E-state index in [0.29, 0.717) is 13.0 Å². The molecule has 23 heavy (non-hydrogen) atoms. The van der Waals surface area contributed by atoms with Crippen LogP contribution in [0.25, 0.3) is 0 Å². The van der Waals surface area contributed by atoms with Crippen LogP contribution in [-0.4, -0.2) is 60.1 Å². The molecule has 2 saturated heterocycles. The third-order valence-corrected chi connectivity index (χ3v) is 5.09. The first-order valence-corrected chi connectivity index (χ1v) is 8.42. The highest BCUT2D eigenvalue weighted by atomic mass is 32.2. The standard InChI is InChI=1S/C15H21N5O2S/c1-19(2)15-17-12(18-23-15)9-20-13(21)11(16-14(20)22)8-10-6-4-3-5-7-10/h3-7,11-12,15,17-18H,8-9H2,1-2H3,(H,16,22)/t11-,12?,15?/m1/s1. The van der Waals surface area contributed by atoms with E-state index in [1.807, 2.05) is 49.3 Å². The number of rotatable bonds is 5. The van der Waals surface area contributed by atoms with E-state index in [4.69, 9.17) is 0 Å². The van der Waals surface area contributed by atoms with Crippen LogP contribution >= 0.6 is 11.9 Å². The second kappa shape index (κ2) is 6.88. The van der Waals surface area contributed by atoms with Gasteiger partial charge in [-0.25, -0.2) is 9.52 Å². The first kappa shape index (κ1) is 16.3. The van der Waals surface area contributed by atoms with Crippen molar-refractivity contribution in [3.63, 3.8) is 0 Å². The SMILES string of the molecule is CN(C)C1NC(CN2C(=O)N[C@H](Cc3ccccc3)C2=O)NS1. The van der Waals surface area contributed by atoms with Crippen LogP contribution in [0.3, 0.4) is 0 Å². The molecule has 0 radical (unpaired) electrons. The fourth-order valence-corrected chi connectivity index (χ4v) is 3.53. The molecule has 2 fully saturated rings. The van der Waals surface area contributed by atoms with Crippen molar-refractivity contribution in [3.05, 3.63) is 35.9 Å². The van der Waals surface area contributed by atoms with Crippen molar-refractivity contribution < 1.29 is 9.59 Å². The molecule has 1 aromatic carbocycles. The van der Waals surface area contributed by atoms with Gasteiger partial charge in [0.2, 0.25) is 0 Å². The monoisotopic (exact) mass is 335 g/mol. The maximum absolute atomic E-state index is 12.5. The lowest BCUT2D eigenvalue weighted by Gasteiger charge is -2.20. The molecular formula is C15H21N5O2S. The quantitative estimate of drug-likeness (QED) is 0.526. The lowest BCUT2D eigenvalue weighted by Crippen LogP contribution is -2.48. The Morgan fingerprint density at radius 3 is 2.61 bits per heavy atom. The predicted molar refractivity (Wildman–Crippen MR) is 89.3 cm³/mol. The Kier molecular flexibility index (Phi) is 4.86. The Hall–Kier alpha value is -1.61. The maximum Gasteiger partial charge on any atom is 0.324 e. The van der Waals surface area contributed by atoms with E-state index in [1.54, 1.807) is 11.9 Å². The van der Waals surface area contributed by atoms with Crippen LogP contribution in [0.1, 0.15) is 5.56 Å². The summed E-state index contributed by atoms with van der Waals surface area (Å²) in [5.74, 6) is -0.166. The molecule has 3 atom stereocenters. The zero-order valence-corrected chi connectivity index (χ0v) is 14.0. The summed E-state index contributed by atoms with van der Waals surface area (Å²) in [6.07, 6.45) is 0.403. The molecule has 0 bridgehead atoms. The van der Waals surface area contributed by atoms with Crippen LogP contribution < -0.4 is 15.4 Å². The largest absolute Gasteiger partial charge is 0.325 e. The number of urea groups is 1. The Bertz CT molecular complexity index is 582. The van der Waals surface area contributed by atoms with Crippen molar-refractivity contribution in [1.29, 1.82) is 0 Å². The Morgan fingerprint density at radius 2 is 1.96 bits per heavy atom. The van der Waals surface area contributed by atoms with Gasteiger partial charge in [-0.05, 0) is 31.6 Å². The van der Waals surface area contributed by atoms with Crippen molar-refractivity contribution in [2.24, 2.45) is 0 Å². The highest BCUT2D eigenvalue weighted by Crippen LogP contribution is 2.17. The van der Waals surface area contributed by atoms with E-state index in [1.165, 1.54) is 4.90 Å². The zero-order valence-electron chi connectivity index (χ0n) is 13.2. The topological polar surface area (TPSA) is 76.7 Å². The Labute approximate surface area is 139 Å². The van der Waals surface area contributed by atoms with Gasteiger partial charge >= 0.3 is 6.03 Å². The number of benzene rings is 1. The van der Waals surface area contributed by atoms with Crippen molar-refractivity contribution in [3.8, 4) is 0 Å². The van der Waals surface area contributed by atoms with Crippen LogP contribution in [0, 0.1) is 0 Å². The van der Waals surface area contributed by atoms with Crippen LogP contribution in [-0.2, 0) is 11.2 Å². The zero-order chi connectivity index (χ0) is 16.4. The molecule has 1 aromatic rings. The molecule has 7 nitrogen and oxygen atoms in total. The summed E-state index contributed by atoms with van der Waals surface area (Å²) >= 11 is 1.54. The minimum atomic E-state index is -0.483. The summed E-state index contributed by atoms with van der Waals surface area (Å²) in [4.78, 5) is 27.9. The number of nitrogens with one attached hydrogen (secondary N) is 3. The van der Waals surface area contributed by atoms with Crippen LogP contribution in [0.4, 0.5) is 4.79 Å². The lowest BCUT2D eigenvalue weighted by molar-refractivity contribution is -0.127. The number of hydrogen-bond acceptors (Lipinski definition) is 6. The molecule has 2 unspecified atom stereocenters. The highest BCUT2D eigenvalue weighted by molar-refractivity contribution is 7.98. The molecule has 0 spiro atoms. The van der Waals surface area contributed by atoms with Gasteiger partial charge in [-0.15, -0.1) is 0 Å². The fourth-order valence-electron chi connectivity index (χ4n) is 2.65. The molecule has 0 aromatic heterocycles. The third kappa shape index (κ3) is 3.66. The molecule has 124 valence electrons. The van der Waals surface area contributed by atoms with Gasteiger partial charge < -0.3 is 5.32 Å². The molecule has 0 saturated carbocycles. The average Bonchev–Trinajstić information content (AvgIpc) is 3.10. The Balaban J connectivity index is 1.59. The highest BCUT2D eigenvalue weighted by Gasteiger charge is 2.40.